The predicted octanol–water partition coefficient (Wildman–Crippen LogP) is 0.433. The van der Waals surface area contributed by atoms with E-state index in [2.05, 4.69) is 4.98 Å². The van der Waals surface area contributed by atoms with Gasteiger partial charge in [0.25, 0.3) is 11.8 Å². The lowest BCUT2D eigenvalue weighted by atomic mass is 10.0. The van der Waals surface area contributed by atoms with Crippen molar-refractivity contribution >= 4 is 17.7 Å². The summed E-state index contributed by atoms with van der Waals surface area (Å²) in [7, 11) is 0. The monoisotopic (exact) mass is 345 g/mol. The standard InChI is InChI=1S/C17H19N3O5/c21-13(19-8-4-17(5-9-19)24-10-11-25-17)3-7-20-15(22)12-2-1-6-18-14(12)16(20)23/h1-2,6H,3-5,7-11H2. The quantitative estimate of drug-likeness (QED) is 0.738. The number of imide groups is 1. The maximum atomic E-state index is 12.4. The number of rotatable bonds is 3. The average molecular weight is 345 g/mol. The highest BCUT2D eigenvalue weighted by atomic mass is 16.7. The largest absolute Gasteiger partial charge is 0.347 e. The summed E-state index contributed by atoms with van der Waals surface area (Å²) in [4.78, 5) is 43.8. The highest BCUT2D eigenvalue weighted by molar-refractivity contribution is 6.20. The van der Waals surface area contributed by atoms with Crippen LogP contribution in [0.15, 0.2) is 18.3 Å². The number of carbonyl (C=O) groups excluding carboxylic acids is 3. The minimum Gasteiger partial charge on any atom is -0.347 e. The number of piperidine rings is 1. The number of hydrogen-bond donors (Lipinski definition) is 0. The molecule has 4 heterocycles. The normalized spacial score (nSPS) is 21.9. The Balaban J connectivity index is 1.33. The Labute approximate surface area is 144 Å². The molecule has 0 radical (unpaired) electrons. The van der Waals surface area contributed by atoms with Crippen LogP contribution in [0.4, 0.5) is 0 Å². The molecule has 0 bridgehead atoms. The second kappa shape index (κ2) is 6.20. The van der Waals surface area contributed by atoms with Crippen molar-refractivity contribution in [3.8, 4) is 0 Å². The molecular weight excluding hydrogens is 326 g/mol. The second-order valence-electron chi connectivity index (χ2n) is 6.40. The van der Waals surface area contributed by atoms with Crippen LogP contribution in [0.25, 0.3) is 0 Å². The van der Waals surface area contributed by atoms with Crippen LogP contribution in [0.5, 0.6) is 0 Å². The first-order valence-corrected chi connectivity index (χ1v) is 8.47. The fraction of sp³-hybridized carbons (Fsp3) is 0.529. The van der Waals surface area contributed by atoms with Crippen LogP contribution in [-0.2, 0) is 14.3 Å². The van der Waals surface area contributed by atoms with Crippen LogP contribution in [0.1, 0.15) is 40.1 Å². The molecule has 8 nitrogen and oxygen atoms in total. The Kier molecular flexibility index (Phi) is 4.01. The van der Waals surface area contributed by atoms with E-state index in [1.165, 1.54) is 6.20 Å². The van der Waals surface area contributed by atoms with Gasteiger partial charge in [-0.15, -0.1) is 0 Å². The summed E-state index contributed by atoms with van der Waals surface area (Å²) in [6.45, 7) is 2.38. The molecule has 3 amide bonds. The summed E-state index contributed by atoms with van der Waals surface area (Å²) in [5.41, 5.74) is 0.464. The van der Waals surface area contributed by atoms with Crippen LogP contribution in [-0.4, -0.2) is 71.1 Å². The van der Waals surface area contributed by atoms with Gasteiger partial charge in [-0.05, 0) is 12.1 Å². The van der Waals surface area contributed by atoms with Gasteiger partial charge in [0.1, 0.15) is 5.69 Å². The molecule has 0 N–H and O–H groups in total. The van der Waals surface area contributed by atoms with Crippen LogP contribution < -0.4 is 0 Å². The van der Waals surface area contributed by atoms with Crippen molar-refractivity contribution < 1.29 is 23.9 Å². The number of aromatic nitrogens is 1. The van der Waals surface area contributed by atoms with E-state index in [1.54, 1.807) is 17.0 Å². The smallest absolute Gasteiger partial charge is 0.280 e. The van der Waals surface area contributed by atoms with Gasteiger partial charge in [-0.1, -0.05) is 0 Å². The molecule has 0 atom stereocenters. The van der Waals surface area contributed by atoms with Gasteiger partial charge in [0.2, 0.25) is 5.91 Å². The lowest BCUT2D eigenvalue weighted by Gasteiger charge is -2.37. The third-order valence-corrected chi connectivity index (χ3v) is 4.97. The summed E-state index contributed by atoms with van der Waals surface area (Å²) >= 11 is 0. The molecule has 3 aliphatic heterocycles. The number of likely N-dealkylation sites (tertiary alicyclic amines) is 1. The average Bonchev–Trinajstić information content (AvgIpc) is 3.18. The first-order chi connectivity index (χ1) is 12.1. The predicted molar refractivity (Wildman–Crippen MR) is 84.7 cm³/mol. The highest BCUT2D eigenvalue weighted by Crippen LogP contribution is 2.31. The number of pyridine rings is 1. The molecule has 2 saturated heterocycles. The lowest BCUT2D eigenvalue weighted by Crippen LogP contribution is -2.48. The maximum absolute atomic E-state index is 12.4. The number of carbonyl (C=O) groups is 3. The molecule has 0 saturated carbocycles. The van der Waals surface area contributed by atoms with E-state index in [4.69, 9.17) is 9.47 Å². The van der Waals surface area contributed by atoms with Gasteiger partial charge in [0, 0.05) is 45.1 Å². The molecule has 25 heavy (non-hydrogen) atoms. The minimum absolute atomic E-state index is 0.0709. The third kappa shape index (κ3) is 2.81. The Morgan fingerprint density at radius 1 is 1.16 bits per heavy atom. The van der Waals surface area contributed by atoms with Gasteiger partial charge in [-0.3, -0.25) is 24.3 Å². The fourth-order valence-corrected chi connectivity index (χ4v) is 3.56. The molecule has 8 heteroatoms. The van der Waals surface area contributed by atoms with Crippen LogP contribution in [0.3, 0.4) is 0 Å². The molecule has 4 rings (SSSR count). The molecule has 0 unspecified atom stereocenters. The number of hydrogen-bond acceptors (Lipinski definition) is 6. The Hall–Kier alpha value is -2.32. The maximum Gasteiger partial charge on any atom is 0.280 e. The Morgan fingerprint density at radius 3 is 2.56 bits per heavy atom. The molecule has 0 aromatic carbocycles. The third-order valence-electron chi connectivity index (χ3n) is 4.97. The zero-order valence-electron chi connectivity index (χ0n) is 13.8. The van der Waals surface area contributed by atoms with E-state index < -0.39 is 11.7 Å². The van der Waals surface area contributed by atoms with Crippen molar-refractivity contribution in [3.05, 3.63) is 29.6 Å². The minimum atomic E-state index is -0.523. The second-order valence-corrected chi connectivity index (χ2v) is 6.40. The van der Waals surface area contributed by atoms with E-state index in [0.717, 1.165) is 4.90 Å². The first kappa shape index (κ1) is 16.2. The van der Waals surface area contributed by atoms with E-state index >= 15 is 0 Å². The van der Waals surface area contributed by atoms with Crippen LogP contribution in [0.2, 0.25) is 0 Å². The van der Waals surface area contributed by atoms with Crippen molar-refractivity contribution in [1.82, 2.24) is 14.8 Å². The summed E-state index contributed by atoms with van der Waals surface area (Å²) in [6, 6.07) is 3.20. The zero-order chi connectivity index (χ0) is 17.4. The van der Waals surface area contributed by atoms with Gasteiger partial charge in [-0.25, -0.2) is 0 Å². The number of ether oxygens (including phenoxy) is 2. The first-order valence-electron chi connectivity index (χ1n) is 8.47. The van der Waals surface area contributed by atoms with Gasteiger partial charge >= 0.3 is 0 Å². The molecule has 2 fully saturated rings. The summed E-state index contributed by atoms with van der Waals surface area (Å²) in [6.07, 6.45) is 2.89. The summed E-state index contributed by atoms with van der Waals surface area (Å²) in [5.74, 6) is -1.41. The molecule has 1 spiro atoms. The molecular formula is C17H19N3O5. The highest BCUT2D eigenvalue weighted by Gasteiger charge is 2.41. The lowest BCUT2D eigenvalue weighted by molar-refractivity contribution is -0.187. The Bertz CT molecular complexity index is 684. The van der Waals surface area contributed by atoms with Crippen molar-refractivity contribution in [2.45, 2.75) is 25.0 Å². The van der Waals surface area contributed by atoms with E-state index in [0.29, 0.717) is 44.7 Å². The van der Waals surface area contributed by atoms with E-state index in [-0.39, 0.29) is 30.5 Å². The topological polar surface area (TPSA) is 89.0 Å². The van der Waals surface area contributed by atoms with E-state index in [1.807, 2.05) is 0 Å². The number of nitrogens with zero attached hydrogens (tertiary/aromatic N) is 3. The number of amides is 3. The van der Waals surface area contributed by atoms with Crippen molar-refractivity contribution in [2.24, 2.45) is 0 Å². The molecule has 0 aliphatic carbocycles. The Morgan fingerprint density at radius 2 is 1.88 bits per heavy atom. The van der Waals surface area contributed by atoms with Gasteiger partial charge in [0.05, 0.1) is 18.8 Å². The SMILES string of the molecule is O=C(CCN1C(=O)c2cccnc2C1=O)N1CCC2(CC1)OCCO2. The molecule has 3 aliphatic rings. The fourth-order valence-electron chi connectivity index (χ4n) is 3.56. The zero-order valence-corrected chi connectivity index (χ0v) is 13.8. The summed E-state index contributed by atoms with van der Waals surface area (Å²) < 4.78 is 11.3. The van der Waals surface area contributed by atoms with Crippen LogP contribution in [0, 0.1) is 0 Å². The summed E-state index contributed by atoms with van der Waals surface area (Å²) in [5, 5.41) is 0. The van der Waals surface area contributed by atoms with Gasteiger partial charge in [0.15, 0.2) is 5.79 Å². The van der Waals surface area contributed by atoms with Gasteiger partial charge < -0.3 is 14.4 Å². The molecule has 1 aromatic rings. The molecule has 1 aromatic heterocycles. The van der Waals surface area contributed by atoms with Crippen molar-refractivity contribution in [3.63, 3.8) is 0 Å². The van der Waals surface area contributed by atoms with Crippen molar-refractivity contribution in [1.29, 1.82) is 0 Å². The molecule has 132 valence electrons. The van der Waals surface area contributed by atoms with E-state index in [9.17, 15) is 14.4 Å². The van der Waals surface area contributed by atoms with Gasteiger partial charge in [-0.2, -0.15) is 0 Å². The van der Waals surface area contributed by atoms with Crippen molar-refractivity contribution in [2.75, 3.05) is 32.8 Å². The number of fused-ring (bicyclic) bond motifs is 1. The van der Waals surface area contributed by atoms with Crippen LogP contribution >= 0.6 is 0 Å².